The first-order valence-corrected chi connectivity index (χ1v) is 25.4. The molecule has 1 aliphatic rings. The van der Waals surface area contributed by atoms with E-state index in [1.54, 1.807) is 7.11 Å². The van der Waals surface area contributed by atoms with Gasteiger partial charge in [0.05, 0.1) is 18.5 Å². The first kappa shape index (κ1) is 36.6. The smallest absolute Gasteiger partial charge is 0.189 e. The van der Waals surface area contributed by atoms with Gasteiger partial charge in [-0.15, -0.1) is 0 Å². The Kier molecular flexibility index (Phi) is 11.5. The van der Waals surface area contributed by atoms with Crippen molar-refractivity contribution in [3.05, 3.63) is 108 Å². The number of nitrogens with zero attached hydrogens (tertiary/aromatic N) is 2. The molecule has 0 amide bonds. The molecule has 0 spiro atoms. The molecule has 0 atom stereocenters. The lowest BCUT2D eigenvalue weighted by molar-refractivity contribution is 0.0220. The van der Waals surface area contributed by atoms with Crippen molar-refractivity contribution in [1.29, 1.82) is 0 Å². The van der Waals surface area contributed by atoms with E-state index in [1.165, 1.54) is 11.1 Å². The van der Waals surface area contributed by atoms with Gasteiger partial charge in [0.25, 0.3) is 0 Å². The first-order chi connectivity index (χ1) is 24.5. The summed E-state index contributed by atoms with van der Waals surface area (Å²) >= 11 is 0. The highest BCUT2D eigenvalue weighted by molar-refractivity contribution is 6.76. The summed E-state index contributed by atoms with van der Waals surface area (Å²) in [6.07, 6.45) is 0.759. The number of hydrogen-bond acceptors (Lipinski definition) is 6. The zero-order valence-electron chi connectivity index (χ0n) is 31.3. The molecule has 7 nitrogen and oxygen atoms in total. The fraction of sp³-hybridized carbons (Fsp3) is 0.357. The van der Waals surface area contributed by atoms with E-state index in [4.69, 9.17) is 28.8 Å². The monoisotopic (exact) mass is 720 g/mol. The van der Waals surface area contributed by atoms with Gasteiger partial charge >= 0.3 is 0 Å². The second-order valence-electron chi connectivity index (χ2n) is 15.7. The van der Waals surface area contributed by atoms with E-state index < -0.39 is 16.1 Å². The molecule has 9 heteroatoms. The van der Waals surface area contributed by atoms with Gasteiger partial charge in [0.2, 0.25) is 0 Å². The Morgan fingerprint density at radius 2 is 1.31 bits per heavy atom. The second kappa shape index (κ2) is 16.0. The lowest BCUT2D eigenvalue weighted by Crippen LogP contribution is -2.22. The predicted octanol–water partition coefficient (Wildman–Crippen LogP) is 10.4. The van der Waals surface area contributed by atoms with Gasteiger partial charge in [-0.2, -0.15) is 5.10 Å². The molecular weight excluding hydrogens is 669 g/mol. The van der Waals surface area contributed by atoms with Gasteiger partial charge in [-0.1, -0.05) is 106 Å². The highest BCUT2D eigenvalue weighted by Crippen LogP contribution is 2.46. The molecule has 0 fully saturated rings. The van der Waals surface area contributed by atoms with Crippen molar-refractivity contribution in [2.75, 3.05) is 27.1 Å². The van der Waals surface area contributed by atoms with Gasteiger partial charge < -0.3 is 23.7 Å². The number of rotatable bonds is 17. The molecule has 0 radical (unpaired) electrons. The number of benzene rings is 4. The highest BCUT2D eigenvalue weighted by Gasteiger charge is 2.30. The summed E-state index contributed by atoms with van der Waals surface area (Å²) in [6, 6.07) is 33.6. The lowest BCUT2D eigenvalue weighted by atomic mass is 10.0. The van der Waals surface area contributed by atoms with Crippen molar-refractivity contribution >= 4 is 16.1 Å². The van der Waals surface area contributed by atoms with E-state index >= 15 is 0 Å². The van der Waals surface area contributed by atoms with Crippen LogP contribution in [0.1, 0.15) is 16.7 Å². The van der Waals surface area contributed by atoms with E-state index in [9.17, 15) is 0 Å². The standard InChI is InChI=1S/C42H52N2O5Si2/c1-45-39-26-35-25-38-41(34-15-13-32(14-16-34)33-17-19-36(20-18-33)49-30-47-22-24-51(5,6)7)43-44(29-46-21-23-50(2,3)4)42(38)37(35)27-40(39)48-28-31-11-9-8-10-12-31/h8-20,26-27H,21-25,28-30H2,1-7H3. The molecule has 268 valence electrons. The molecule has 51 heavy (non-hydrogen) atoms. The van der Waals surface area contributed by atoms with Crippen molar-refractivity contribution in [1.82, 2.24) is 9.78 Å². The quantitative estimate of drug-likeness (QED) is 0.0531. The zero-order chi connectivity index (χ0) is 36.0. The van der Waals surface area contributed by atoms with Crippen molar-refractivity contribution in [3.63, 3.8) is 0 Å². The van der Waals surface area contributed by atoms with Crippen LogP contribution in [0.5, 0.6) is 17.2 Å². The van der Waals surface area contributed by atoms with E-state index in [1.807, 2.05) is 35.0 Å². The van der Waals surface area contributed by atoms with E-state index in [-0.39, 0.29) is 6.79 Å². The number of ether oxygens (including phenoxy) is 5. The fourth-order valence-electron chi connectivity index (χ4n) is 6.10. The predicted molar refractivity (Wildman–Crippen MR) is 212 cm³/mol. The minimum atomic E-state index is -1.22. The molecule has 0 aliphatic heterocycles. The Morgan fingerprint density at radius 1 is 0.686 bits per heavy atom. The summed E-state index contributed by atoms with van der Waals surface area (Å²) in [5.74, 6) is 2.26. The van der Waals surface area contributed by atoms with Gasteiger partial charge in [0.1, 0.15) is 19.1 Å². The maximum absolute atomic E-state index is 6.33. The first-order valence-electron chi connectivity index (χ1n) is 17.9. The largest absolute Gasteiger partial charge is 0.493 e. The average Bonchev–Trinajstić information content (AvgIpc) is 3.65. The molecule has 0 bridgehead atoms. The van der Waals surface area contributed by atoms with Gasteiger partial charge in [-0.05, 0) is 58.6 Å². The number of hydrogen-bond donors (Lipinski definition) is 0. The third kappa shape index (κ3) is 9.59. The van der Waals surface area contributed by atoms with Crippen LogP contribution in [-0.4, -0.2) is 53.0 Å². The molecule has 0 saturated heterocycles. The lowest BCUT2D eigenvalue weighted by Gasteiger charge is -2.16. The molecule has 0 N–H and O–H groups in total. The fourth-order valence-corrected chi connectivity index (χ4v) is 7.61. The van der Waals surface area contributed by atoms with Gasteiger partial charge in [-0.25, -0.2) is 4.68 Å². The van der Waals surface area contributed by atoms with Crippen LogP contribution in [0.4, 0.5) is 0 Å². The minimum absolute atomic E-state index is 0.275. The SMILES string of the molecule is COc1cc2c(cc1OCc1ccccc1)-c1c(c(-c3ccc(-c4ccc(OCOCC[Si](C)(C)C)cc4)cc3)nn1COCC[Si](C)(C)C)C2. The van der Waals surface area contributed by atoms with Crippen LogP contribution < -0.4 is 14.2 Å². The molecule has 5 aromatic rings. The third-order valence-corrected chi connectivity index (χ3v) is 12.6. The molecule has 6 rings (SSSR count). The topological polar surface area (TPSA) is 64.0 Å². The zero-order valence-corrected chi connectivity index (χ0v) is 33.3. The summed E-state index contributed by atoms with van der Waals surface area (Å²) in [5, 5.41) is 5.17. The van der Waals surface area contributed by atoms with Gasteiger partial charge in [0, 0.05) is 52.5 Å². The number of aromatic nitrogens is 2. The molecule has 1 heterocycles. The summed E-state index contributed by atoms with van der Waals surface area (Å²) < 4.78 is 32.0. The number of methoxy groups -OCH3 is 1. The van der Waals surface area contributed by atoms with Crippen LogP contribution >= 0.6 is 0 Å². The summed E-state index contributed by atoms with van der Waals surface area (Å²) in [5.41, 5.74) is 10.0. The average molecular weight is 721 g/mol. The molecule has 4 aromatic carbocycles. The van der Waals surface area contributed by atoms with Crippen molar-refractivity contribution in [3.8, 4) is 50.9 Å². The summed E-state index contributed by atoms with van der Waals surface area (Å²) in [7, 11) is -0.632. The molecular formula is C42H52N2O5Si2. The maximum atomic E-state index is 6.33. The van der Waals surface area contributed by atoms with E-state index in [2.05, 4.69) is 99.9 Å². The third-order valence-electron chi connectivity index (χ3n) is 9.16. The second-order valence-corrected chi connectivity index (χ2v) is 27.0. The van der Waals surface area contributed by atoms with Crippen LogP contribution in [0.2, 0.25) is 51.4 Å². The molecule has 1 aromatic heterocycles. The van der Waals surface area contributed by atoms with Crippen LogP contribution in [0.25, 0.3) is 33.6 Å². The van der Waals surface area contributed by atoms with E-state index in [0.29, 0.717) is 13.3 Å². The Labute approximate surface area is 305 Å². The Hall–Kier alpha value is -4.16. The Balaban J connectivity index is 1.22. The Bertz CT molecular complexity index is 1890. The normalized spacial score (nSPS) is 12.5. The van der Waals surface area contributed by atoms with Crippen LogP contribution in [0.3, 0.4) is 0 Å². The summed E-state index contributed by atoms with van der Waals surface area (Å²) in [4.78, 5) is 0. The molecule has 0 saturated carbocycles. The van der Waals surface area contributed by atoms with Gasteiger partial charge in [-0.3, -0.25) is 0 Å². The maximum Gasteiger partial charge on any atom is 0.189 e. The Morgan fingerprint density at radius 3 is 1.96 bits per heavy atom. The van der Waals surface area contributed by atoms with Crippen molar-refractivity contribution < 1.29 is 23.7 Å². The van der Waals surface area contributed by atoms with Crippen molar-refractivity contribution in [2.45, 2.75) is 71.1 Å². The highest BCUT2D eigenvalue weighted by atomic mass is 28.3. The number of fused-ring (bicyclic) bond motifs is 3. The van der Waals surface area contributed by atoms with Gasteiger partial charge in [0.15, 0.2) is 18.3 Å². The molecule has 1 aliphatic carbocycles. The van der Waals surface area contributed by atoms with Crippen LogP contribution in [0, 0.1) is 0 Å². The van der Waals surface area contributed by atoms with Crippen LogP contribution in [0.15, 0.2) is 91.0 Å². The molecule has 0 unspecified atom stereocenters. The summed E-state index contributed by atoms with van der Waals surface area (Å²) in [6.45, 7) is 16.8. The van der Waals surface area contributed by atoms with E-state index in [0.717, 1.165) is 88.2 Å². The minimum Gasteiger partial charge on any atom is -0.493 e. The van der Waals surface area contributed by atoms with Crippen LogP contribution in [-0.2, 0) is 29.2 Å². The van der Waals surface area contributed by atoms with Crippen molar-refractivity contribution in [2.24, 2.45) is 0 Å².